The van der Waals surface area contributed by atoms with E-state index in [0.717, 1.165) is 80.9 Å². The molecule has 18 heteroatoms. The molecular weight excluding hydrogens is 961 g/mol. The molecule has 1 aliphatic carbocycles. The van der Waals surface area contributed by atoms with Gasteiger partial charge in [0.15, 0.2) is 5.82 Å². The fourth-order valence-corrected chi connectivity index (χ4v) is 14.1. The van der Waals surface area contributed by atoms with Crippen LogP contribution in [0.4, 0.5) is 19.4 Å². The highest BCUT2D eigenvalue weighted by Gasteiger charge is 2.51. The van der Waals surface area contributed by atoms with Gasteiger partial charge in [-0.1, -0.05) is 24.1 Å². The number of amides is 2. The van der Waals surface area contributed by atoms with Crippen LogP contribution in [-0.2, 0) is 27.7 Å². The van der Waals surface area contributed by atoms with Crippen LogP contribution in [0.3, 0.4) is 0 Å². The van der Waals surface area contributed by atoms with Gasteiger partial charge in [-0.3, -0.25) is 14.4 Å². The van der Waals surface area contributed by atoms with Gasteiger partial charge in [0.1, 0.15) is 48.0 Å². The van der Waals surface area contributed by atoms with E-state index >= 15 is 8.78 Å². The van der Waals surface area contributed by atoms with Gasteiger partial charge in [-0.15, -0.1) is 6.42 Å². The summed E-state index contributed by atoms with van der Waals surface area (Å²) in [5, 5.41) is 30.4. The minimum Gasteiger partial charge on any atom is -0.508 e. The maximum atomic E-state index is 17.5. The summed E-state index contributed by atoms with van der Waals surface area (Å²) in [5.74, 6) is 1.31. The van der Waals surface area contributed by atoms with Crippen LogP contribution in [0.15, 0.2) is 42.5 Å². The second-order valence-electron chi connectivity index (χ2n) is 22.4. The number of fused-ring (bicyclic) bond motifs is 5. The van der Waals surface area contributed by atoms with Crippen LogP contribution in [0.25, 0.3) is 43.8 Å². The number of phenolic OH excluding ortho intramolecular Hbond substituents is 1. The molecule has 1 saturated carbocycles. The molecule has 5 saturated heterocycles. The maximum absolute atomic E-state index is 17.5. The Morgan fingerprint density at radius 2 is 1.83 bits per heavy atom. The number of nitrogens with zero attached hydrogens (tertiary/aromatic N) is 8. The third-order valence-corrected chi connectivity index (χ3v) is 18.1. The van der Waals surface area contributed by atoms with Gasteiger partial charge in [-0.2, -0.15) is 15.1 Å². The molecule has 3 aromatic carbocycles. The zero-order valence-corrected chi connectivity index (χ0v) is 42.1. The van der Waals surface area contributed by atoms with E-state index in [1.807, 2.05) is 16.6 Å². The van der Waals surface area contributed by atoms with E-state index in [4.69, 9.17) is 40.7 Å². The molecule has 16 nitrogen and oxygen atoms in total. The fourth-order valence-electron chi connectivity index (χ4n) is 14.1. The molecule has 3 N–H and O–H groups in total. The lowest BCUT2D eigenvalue weighted by molar-refractivity contribution is -0.128. The van der Waals surface area contributed by atoms with Crippen molar-refractivity contribution in [3.05, 3.63) is 76.6 Å². The molecule has 7 aliphatic rings. The molecule has 5 atom stereocenters. The van der Waals surface area contributed by atoms with Gasteiger partial charge in [-0.05, 0) is 137 Å². The number of hydrogen-bond donors (Lipinski definition) is 3. The normalized spacial score (nSPS) is 25.7. The Balaban J connectivity index is 0.681. The summed E-state index contributed by atoms with van der Waals surface area (Å²) in [5.41, 5.74) is 3.54. The number of halogens is 2. The number of phenols is 1. The number of rotatable bonds is 8. The third-order valence-electron chi connectivity index (χ3n) is 18.1. The van der Waals surface area contributed by atoms with Crippen LogP contribution >= 0.6 is 0 Å². The summed E-state index contributed by atoms with van der Waals surface area (Å²) in [6, 6.07) is 12.1. The van der Waals surface area contributed by atoms with Crippen molar-refractivity contribution < 1.29 is 42.8 Å². The number of ether oxygens (including phenoxy) is 3. The first-order valence-electron chi connectivity index (χ1n) is 26.8. The van der Waals surface area contributed by atoms with Gasteiger partial charge in [0.25, 0.3) is 0 Å². The molecule has 0 bridgehead atoms. The number of aromatic hydroxyl groups is 1. The summed E-state index contributed by atoms with van der Waals surface area (Å²) >= 11 is 0. The van der Waals surface area contributed by atoms with E-state index in [2.05, 4.69) is 39.2 Å². The van der Waals surface area contributed by atoms with Crippen LogP contribution in [0.1, 0.15) is 111 Å². The summed E-state index contributed by atoms with van der Waals surface area (Å²) < 4.78 is 53.3. The number of carbonyl (C=O) groups is 2. The predicted molar refractivity (Wildman–Crippen MR) is 275 cm³/mol. The standard InChI is InChI=1S/C57H61F2N9O7/c1-3-38-42(58)11-7-33-24-37(69)26-41(46(33)38)50-48(59)51-47-43(60-50)12-8-35-29-73-23-5-19-67(35)52(47)63-54(62-51)75-31-57-15-4-20-68(57)36(14-16-57)30-74-55(72)66-21-17-56(18-22-66)27-34(28-56)32-6-9-39-44(25-32)65(2)64-49(39)40-10-13-45(70)61-53(40)71/h1,6-7,9,11,24-26,34-36,40,45,69-70H,4-5,8,10,12-23,27-31H2,2H3,(H,61,71)/t35-,36-,40?,45?,57-/m0/s1. The first-order valence-corrected chi connectivity index (χ1v) is 26.8. The zero-order valence-electron chi connectivity index (χ0n) is 42.1. The Morgan fingerprint density at radius 3 is 2.65 bits per heavy atom. The lowest BCUT2D eigenvalue weighted by Crippen LogP contribution is -2.50. The highest BCUT2D eigenvalue weighted by atomic mass is 19.1. The smallest absolute Gasteiger partial charge is 0.409 e. The number of aliphatic hydroxyl groups is 1. The number of aromatic nitrogens is 5. The minimum absolute atomic E-state index is 0.0210. The van der Waals surface area contributed by atoms with Crippen molar-refractivity contribution in [3.63, 3.8) is 0 Å². The first kappa shape index (κ1) is 48.0. The van der Waals surface area contributed by atoms with Crippen LogP contribution in [0.2, 0.25) is 0 Å². The number of likely N-dealkylation sites (tertiary alicyclic amines) is 1. The van der Waals surface area contributed by atoms with E-state index in [9.17, 15) is 19.8 Å². The molecular formula is C57H61F2N9O7. The van der Waals surface area contributed by atoms with E-state index in [1.54, 1.807) is 0 Å². The number of pyridine rings is 1. The second-order valence-corrected chi connectivity index (χ2v) is 22.4. The number of nitrogens with one attached hydrogen (secondary N) is 1. The molecule has 390 valence electrons. The molecule has 3 aromatic heterocycles. The fraction of sp³-hybridized carbons (Fsp3) is 0.509. The van der Waals surface area contributed by atoms with E-state index < -0.39 is 17.9 Å². The van der Waals surface area contributed by atoms with Crippen LogP contribution in [0, 0.1) is 29.4 Å². The summed E-state index contributed by atoms with van der Waals surface area (Å²) in [4.78, 5) is 47.6. The van der Waals surface area contributed by atoms with Crippen LogP contribution < -0.4 is 15.0 Å². The average Bonchev–Trinajstić information content (AvgIpc) is 3.99. The molecule has 13 rings (SSSR count). The Morgan fingerprint density at radius 1 is 0.973 bits per heavy atom. The Kier molecular flexibility index (Phi) is 11.9. The number of aliphatic hydroxyl groups excluding tert-OH is 1. The Hall–Kier alpha value is -6.68. The van der Waals surface area contributed by atoms with Gasteiger partial charge in [0, 0.05) is 55.7 Å². The molecule has 2 unspecified atom stereocenters. The van der Waals surface area contributed by atoms with Crippen molar-refractivity contribution >= 4 is 50.4 Å². The molecule has 1 spiro atoms. The van der Waals surface area contributed by atoms with Crippen molar-refractivity contribution in [2.75, 3.05) is 57.5 Å². The third kappa shape index (κ3) is 8.19. The zero-order chi connectivity index (χ0) is 51.3. The topological polar surface area (TPSA) is 181 Å². The largest absolute Gasteiger partial charge is 0.508 e. The van der Waals surface area contributed by atoms with Crippen molar-refractivity contribution in [1.82, 2.24) is 39.8 Å². The van der Waals surface area contributed by atoms with Crippen molar-refractivity contribution in [3.8, 4) is 35.4 Å². The molecule has 6 fully saturated rings. The molecule has 6 aliphatic heterocycles. The van der Waals surface area contributed by atoms with Crippen molar-refractivity contribution in [2.24, 2.45) is 12.5 Å². The van der Waals surface area contributed by atoms with Crippen LogP contribution in [0.5, 0.6) is 11.8 Å². The van der Waals surface area contributed by atoms with Crippen molar-refractivity contribution in [2.45, 2.75) is 119 Å². The monoisotopic (exact) mass is 1020 g/mol. The number of piperidine rings is 2. The second kappa shape index (κ2) is 18.6. The minimum atomic E-state index is -0.803. The maximum Gasteiger partial charge on any atom is 0.409 e. The summed E-state index contributed by atoms with van der Waals surface area (Å²) in [7, 11) is 1.92. The van der Waals surface area contributed by atoms with Gasteiger partial charge in [-0.25, -0.2) is 18.6 Å². The summed E-state index contributed by atoms with van der Waals surface area (Å²) in [6.45, 7) is 4.42. The molecule has 0 radical (unpaired) electrons. The van der Waals surface area contributed by atoms with Crippen LogP contribution in [-0.4, -0.2) is 133 Å². The molecule has 9 heterocycles. The van der Waals surface area contributed by atoms with Gasteiger partial charge in [0.05, 0.1) is 52.0 Å². The summed E-state index contributed by atoms with van der Waals surface area (Å²) in [6.07, 6.45) is 15.2. The number of anilines is 1. The molecule has 6 aromatic rings. The lowest BCUT2D eigenvalue weighted by Gasteiger charge is -2.52. The number of hydrogen-bond acceptors (Lipinski definition) is 13. The highest BCUT2D eigenvalue weighted by molar-refractivity contribution is 6.03. The van der Waals surface area contributed by atoms with Gasteiger partial charge < -0.3 is 39.5 Å². The SMILES string of the molecule is C#Cc1c(F)ccc2cc(O)cc(-c3nc4c5c(nc(OC[C@@]67CCCN6[C@H](COC(=O)N6CCC8(CC6)CC(c6ccc9c(C%10CCC(O)NC%10=O)nn(C)c9c6)C8)CC7)nc5c3F)N3CCCOC[C@@H]3CC4)c12. The average molecular weight is 1020 g/mol. The van der Waals surface area contributed by atoms with E-state index in [-0.39, 0.29) is 93.7 Å². The van der Waals surface area contributed by atoms with E-state index in [0.29, 0.717) is 86.7 Å². The Bertz CT molecular complexity index is 3350. The Labute approximate surface area is 432 Å². The van der Waals surface area contributed by atoms with Gasteiger partial charge in [0.2, 0.25) is 5.91 Å². The number of benzene rings is 3. The lowest BCUT2D eigenvalue weighted by atomic mass is 9.56. The first-order chi connectivity index (χ1) is 36.4. The molecule has 75 heavy (non-hydrogen) atoms. The van der Waals surface area contributed by atoms with E-state index in [1.165, 1.54) is 29.8 Å². The number of aryl methyl sites for hydroxylation is 2. The molecule has 2 amide bonds. The van der Waals surface area contributed by atoms with Crippen molar-refractivity contribution in [1.29, 1.82) is 0 Å². The highest BCUT2D eigenvalue weighted by Crippen LogP contribution is 2.57. The quantitative estimate of drug-likeness (QED) is 0.126. The van der Waals surface area contributed by atoms with Gasteiger partial charge >= 0.3 is 12.1 Å². The predicted octanol–water partition coefficient (Wildman–Crippen LogP) is 7.72. The number of carbonyl (C=O) groups excluding carboxylic acids is 2. The number of terminal acetylenes is 1.